The number of aromatic nitrogens is 1. The maximum atomic E-state index is 12.5. The molecule has 2 aromatic heterocycles. The quantitative estimate of drug-likeness (QED) is 0.460. The molecule has 0 atom stereocenters. The van der Waals surface area contributed by atoms with Gasteiger partial charge in [0, 0.05) is 27.4 Å². The number of amides is 1. The summed E-state index contributed by atoms with van der Waals surface area (Å²) in [6, 6.07) is 16.6. The van der Waals surface area contributed by atoms with Crippen molar-refractivity contribution in [2.75, 3.05) is 5.32 Å². The lowest BCUT2D eigenvalue weighted by molar-refractivity contribution is 0.102. The molecule has 0 saturated carbocycles. The number of para-hydroxylation sites is 1. The molecule has 2 heterocycles. The van der Waals surface area contributed by atoms with E-state index in [1.54, 1.807) is 24.4 Å². The summed E-state index contributed by atoms with van der Waals surface area (Å²) in [4.78, 5) is 29.8. The summed E-state index contributed by atoms with van der Waals surface area (Å²) >= 11 is 4.79. The number of hydrogen-bond donors (Lipinski definition) is 1. The van der Waals surface area contributed by atoms with Gasteiger partial charge >= 0.3 is 5.63 Å². The summed E-state index contributed by atoms with van der Waals surface area (Å²) < 4.78 is 6.23. The van der Waals surface area contributed by atoms with Crippen LogP contribution in [0.5, 0.6) is 0 Å². The lowest BCUT2D eigenvalue weighted by atomic mass is 10.1. The molecule has 0 saturated heterocycles. The van der Waals surface area contributed by atoms with E-state index in [0.717, 1.165) is 21.3 Å². The van der Waals surface area contributed by atoms with Crippen LogP contribution in [0.15, 0.2) is 74.5 Å². The summed E-state index contributed by atoms with van der Waals surface area (Å²) in [6.45, 7) is 0. The number of rotatable bonds is 4. The van der Waals surface area contributed by atoms with Crippen molar-refractivity contribution >= 4 is 49.3 Å². The van der Waals surface area contributed by atoms with Gasteiger partial charge in [0.2, 0.25) is 0 Å². The Kier molecular flexibility index (Phi) is 4.87. The van der Waals surface area contributed by atoms with E-state index in [0.29, 0.717) is 16.1 Å². The molecule has 1 N–H and O–H groups in total. The maximum absolute atomic E-state index is 12.5. The second kappa shape index (κ2) is 7.46. The van der Waals surface area contributed by atoms with Crippen LogP contribution >= 0.6 is 27.3 Å². The second-order valence-corrected chi connectivity index (χ2v) is 7.91. The molecule has 7 heteroatoms. The van der Waals surface area contributed by atoms with E-state index in [1.165, 1.54) is 17.4 Å². The van der Waals surface area contributed by atoms with Gasteiger partial charge in [-0.25, -0.2) is 9.78 Å². The van der Waals surface area contributed by atoms with Crippen LogP contribution in [0.4, 0.5) is 5.13 Å². The number of nitrogens with one attached hydrogen (secondary N) is 1. The van der Waals surface area contributed by atoms with Crippen LogP contribution in [-0.2, 0) is 6.42 Å². The third-order valence-corrected chi connectivity index (χ3v) is 5.39. The largest absolute Gasteiger partial charge is 0.422 e. The molecule has 5 nitrogen and oxygen atoms in total. The third kappa shape index (κ3) is 3.99. The molecule has 0 unspecified atom stereocenters. The van der Waals surface area contributed by atoms with Gasteiger partial charge in [-0.05, 0) is 29.8 Å². The van der Waals surface area contributed by atoms with Crippen LogP contribution in [-0.4, -0.2) is 10.9 Å². The molecule has 1 amide bonds. The number of carbonyl (C=O) groups is 1. The fourth-order valence-corrected chi connectivity index (χ4v) is 3.74. The normalized spacial score (nSPS) is 10.9. The van der Waals surface area contributed by atoms with Crippen molar-refractivity contribution in [3.8, 4) is 0 Å². The Morgan fingerprint density at radius 2 is 1.93 bits per heavy atom. The highest BCUT2D eigenvalue weighted by molar-refractivity contribution is 9.10. The Morgan fingerprint density at radius 1 is 1.15 bits per heavy atom. The first-order valence-electron chi connectivity index (χ1n) is 8.12. The number of hydrogen-bond acceptors (Lipinski definition) is 5. The third-order valence-electron chi connectivity index (χ3n) is 3.95. The number of thiazole rings is 1. The predicted octanol–water partition coefficient (Wildman–Crippen LogP) is 4.86. The number of anilines is 1. The average Bonchev–Trinajstić information content (AvgIpc) is 3.09. The summed E-state index contributed by atoms with van der Waals surface area (Å²) in [6.07, 6.45) is 2.45. The molecule has 4 aromatic rings. The van der Waals surface area contributed by atoms with Crippen LogP contribution in [0.2, 0.25) is 0 Å². The van der Waals surface area contributed by atoms with Crippen molar-refractivity contribution < 1.29 is 9.21 Å². The fraction of sp³-hybridized carbons (Fsp3) is 0.0500. The van der Waals surface area contributed by atoms with E-state index in [4.69, 9.17) is 4.42 Å². The van der Waals surface area contributed by atoms with Gasteiger partial charge in [0.25, 0.3) is 5.91 Å². The molecule has 0 aliphatic heterocycles. The van der Waals surface area contributed by atoms with Gasteiger partial charge in [-0.15, -0.1) is 11.3 Å². The number of nitrogens with zero attached hydrogens (tertiary/aromatic N) is 1. The monoisotopic (exact) mass is 440 g/mol. The molecule has 0 radical (unpaired) electrons. The molecule has 134 valence electrons. The Hall–Kier alpha value is -2.77. The molecular formula is C20H13BrN2O3S. The molecule has 0 fully saturated rings. The molecule has 0 spiro atoms. The topological polar surface area (TPSA) is 72.2 Å². The first-order valence-corrected chi connectivity index (χ1v) is 9.73. The van der Waals surface area contributed by atoms with Gasteiger partial charge in [-0.1, -0.05) is 46.3 Å². The van der Waals surface area contributed by atoms with Gasteiger partial charge in [-0.3, -0.25) is 10.1 Å². The summed E-state index contributed by atoms with van der Waals surface area (Å²) in [5, 5.41) is 3.82. The highest BCUT2D eigenvalue weighted by Gasteiger charge is 2.15. The van der Waals surface area contributed by atoms with Crippen molar-refractivity contribution in [1.82, 2.24) is 4.98 Å². The molecule has 0 aliphatic carbocycles. The standard InChI is InChI=1S/C20H13BrN2O3S/c21-14-7-5-12(6-8-14)9-15-11-22-20(27-15)23-18(24)16-10-13-3-1-2-4-17(13)26-19(16)25/h1-8,10-11H,9H2,(H,22,23,24). The van der Waals surface area contributed by atoms with Crippen LogP contribution in [0.1, 0.15) is 20.8 Å². The summed E-state index contributed by atoms with van der Waals surface area (Å²) in [5.74, 6) is -0.529. The fourth-order valence-electron chi connectivity index (χ4n) is 2.64. The van der Waals surface area contributed by atoms with Gasteiger partial charge in [0.1, 0.15) is 11.1 Å². The second-order valence-electron chi connectivity index (χ2n) is 5.87. The highest BCUT2D eigenvalue weighted by Crippen LogP contribution is 2.23. The lowest BCUT2D eigenvalue weighted by Crippen LogP contribution is -2.20. The number of benzene rings is 2. The first kappa shape index (κ1) is 17.6. The molecule has 27 heavy (non-hydrogen) atoms. The minimum absolute atomic E-state index is 0.0432. The van der Waals surface area contributed by atoms with E-state index >= 15 is 0 Å². The smallest absolute Gasteiger partial charge is 0.349 e. The van der Waals surface area contributed by atoms with Crippen molar-refractivity contribution in [2.24, 2.45) is 0 Å². The van der Waals surface area contributed by atoms with Crippen LogP contribution in [0.3, 0.4) is 0 Å². The molecular weight excluding hydrogens is 428 g/mol. The van der Waals surface area contributed by atoms with Crippen molar-refractivity contribution in [1.29, 1.82) is 0 Å². The lowest BCUT2D eigenvalue weighted by Gasteiger charge is -2.02. The number of halogens is 1. The minimum atomic E-state index is -0.669. The van der Waals surface area contributed by atoms with Gasteiger partial charge < -0.3 is 4.42 Å². The van der Waals surface area contributed by atoms with E-state index < -0.39 is 11.5 Å². The van der Waals surface area contributed by atoms with E-state index in [1.807, 2.05) is 30.3 Å². The Bertz CT molecular complexity index is 1180. The van der Waals surface area contributed by atoms with Crippen LogP contribution in [0.25, 0.3) is 11.0 Å². The zero-order chi connectivity index (χ0) is 18.8. The first-order chi connectivity index (χ1) is 13.1. The van der Waals surface area contributed by atoms with Crippen molar-refractivity contribution in [3.63, 3.8) is 0 Å². The SMILES string of the molecule is O=C(Nc1ncc(Cc2ccc(Br)cc2)s1)c1cc2ccccc2oc1=O. The maximum Gasteiger partial charge on any atom is 0.349 e. The van der Waals surface area contributed by atoms with Crippen molar-refractivity contribution in [2.45, 2.75) is 6.42 Å². The molecule has 4 rings (SSSR count). The van der Waals surface area contributed by atoms with E-state index in [9.17, 15) is 9.59 Å². The Balaban J connectivity index is 1.52. The Labute approximate surface area is 166 Å². The summed E-state index contributed by atoms with van der Waals surface area (Å²) in [7, 11) is 0. The molecule has 0 bridgehead atoms. The molecule has 2 aromatic carbocycles. The predicted molar refractivity (Wildman–Crippen MR) is 109 cm³/mol. The minimum Gasteiger partial charge on any atom is -0.422 e. The zero-order valence-corrected chi connectivity index (χ0v) is 16.3. The van der Waals surface area contributed by atoms with Gasteiger partial charge in [-0.2, -0.15) is 0 Å². The highest BCUT2D eigenvalue weighted by atomic mass is 79.9. The zero-order valence-electron chi connectivity index (χ0n) is 13.9. The average molecular weight is 441 g/mol. The number of fused-ring (bicyclic) bond motifs is 1. The van der Waals surface area contributed by atoms with Gasteiger partial charge in [0.05, 0.1) is 0 Å². The van der Waals surface area contributed by atoms with Crippen molar-refractivity contribution in [3.05, 3.63) is 91.7 Å². The van der Waals surface area contributed by atoms with Crippen LogP contribution in [0, 0.1) is 0 Å². The number of carbonyl (C=O) groups excluding carboxylic acids is 1. The molecule has 0 aliphatic rings. The Morgan fingerprint density at radius 3 is 2.74 bits per heavy atom. The van der Waals surface area contributed by atoms with E-state index in [-0.39, 0.29) is 5.56 Å². The van der Waals surface area contributed by atoms with Gasteiger partial charge in [0.15, 0.2) is 5.13 Å². The van der Waals surface area contributed by atoms with Crippen LogP contribution < -0.4 is 10.9 Å². The van der Waals surface area contributed by atoms with E-state index in [2.05, 4.69) is 26.2 Å². The summed E-state index contributed by atoms with van der Waals surface area (Å²) in [5.41, 5.74) is 0.885.